The Morgan fingerprint density at radius 3 is 0.991 bits per heavy atom. The number of carboxylic acid groups (broad SMARTS) is 1. The van der Waals surface area contributed by atoms with Gasteiger partial charge in [-0.15, -0.1) is 0 Å². The third-order valence-electron chi connectivity index (χ3n) is 19.4. The number of methoxy groups -OCH3 is 1. The molecule has 0 radical (unpaired) electrons. The third kappa shape index (κ3) is 40.2. The first-order valence-electron chi connectivity index (χ1n) is 42.1. The van der Waals surface area contributed by atoms with Gasteiger partial charge >= 0.3 is 24.1 Å². The van der Waals surface area contributed by atoms with Gasteiger partial charge in [0.2, 0.25) is 23.6 Å². The maximum absolute atomic E-state index is 14.2. The number of ketones is 4. The molecule has 6 amide bonds. The fourth-order valence-electron chi connectivity index (χ4n) is 13.1. The highest BCUT2D eigenvalue weighted by Gasteiger charge is 2.38. The highest BCUT2D eigenvalue weighted by molar-refractivity contribution is 6.01. The van der Waals surface area contributed by atoms with Crippen LogP contribution in [0.2, 0.25) is 0 Å². The molecule has 650 valence electrons. The number of carbonyl (C=O) groups excluding carboxylic acids is 11. The monoisotopic (exact) mass is 1630 g/mol. The van der Waals surface area contributed by atoms with Crippen LogP contribution in [0.3, 0.4) is 0 Å². The van der Waals surface area contributed by atoms with Crippen molar-refractivity contribution in [3.63, 3.8) is 0 Å². The van der Waals surface area contributed by atoms with Crippen molar-refractivity contribution in [3.8, 4) is 22.3 Å². The summed E-state index contributed by atoms with van der Waals surface area (Å²) in [5, 5.41) is 26.0. The Hall–Kier alpha value is -9.16. The van der Waals surface area contributed by atoms with Gasteiger partial charge in [0.15, 0.2) is 23.1 Å². The number of rotatable bonds is 48. The Labute approximate surface area is 696 Å². The predicted octanol–water partition coefficient (Wildman–Crippen LogP) is 16.6. The Kier molecular flexibility index (Phi) is 44.1. The van der Waals surface area contributed by atoms with Gasteiger partial charge < -0.3 is 60.7 Å². The van der Waals surface area contributed by atoms with Crippen LogP contribution in [0, 0.1) is 23.7 Å². The molecule has 0 spiro atoms. The standard InChI is InChI=1S/C47H71N3O9.C46H69N3O9/c1-12-14-16-18-38(44(55)57-11)49-42(53)31(3)29-40(52)41(32(4)58-46(5,6)7)50-43(54)37(27-28-48-45(56)59-47(8,9)10)30-39(51)36-25-23-35(24-26-36)34-21-19-33(20-22-34)17-15-13-2;1-11-13-15-17-37(43(54)55)48-41(52)30(3)28-39(51)40(31(4)57-45(5,6)7)49-42(53)36(26-27-47-44(56)58-46(8,9)10)29-38(50)35-24-22-34(23-25-35)33-20-18-32(19-21-33)16-14-12-2/h19-26,31-32,37-38,41H,12-18,27-30H2,1-11H3,(H,48,56)(H,49,53)(H,50,54);18-25,30-31,36-37,40H,11-17,26-29H2,1-10H3,(H,47,56)(H,48,52)(H,49,53)(H,54,55)/t31-,32-,37-,38+,41+;30-,31-,36-,37+,40+/m11/s1. The molecule has 0 saturated heterocycles. The van der Waals surface area contributed by atoms with Gasteiger partial charge in [-0.3, -0.25) is 38.4 Å². The largest absolute Gasteiger partial charge is 0.480 e. The van der Waals surface area contributed by atoms with Crippen molar-refractivity contribution in [2.75, 3.05) is 20.2 Å². The zero-order valence-electron chi connectivity index (χ0n) is 74.0. The van der Waals surface area contributed by atoms with E-state index in [-0.39, 0.29) is 69.6 Å². The van der Waals surface area contributed by atoms with Crippen molar-refractivity contribution >= 4 is 70.9 Å². The number of unbranched alkanes of at least 4 members (excludes halogenated alkanes) is 6. The lowest BCUT2D eigenvalue weighted by molar-refractivity contribution is -0.146. The topological polar surface area (TPSA) is 343 Å². The Balaban J connectivity index is 0.000000605. The van der Waals surface area contributed by atoms with E-state index in [4.69, 9.17) is 23.7 Å². The number of carboxylic acids is 1. The summed E-state index contributed by atoms with van der Waals surface area (Å²) < 4.78 is 27.9. The molecule has 10 atom stereocenters. The fraction of sp³-hybridized carbons (Fsp3) is 0.613. The molecular weight excluding hydrogens is 1490 g/mol. The van der Waals surface area contributed by atoms with Gasteiger partial charge in [-0.2, -0.15) is 0 Å². The SMILES string of the molecule is CCCCC[C@H](NC(=O)[C@H](C)CC(=O)[C@@H](NC(=O)[C@H](CCNC(=O)OC(C)(C)C)CC(=O)c1ccc(-c2ccc(CCCC)cc2)cc1)[C@@H](C)OC(C)(C)C)C(=O)O.CCCCC[C@H](NC(=O)[C@H](C)CC(=O)[C@@H](NC(=O)[C@H](CCNC(=O)OC(C)(C)C)CC(=O)c1ccc(-c2ccc(CCCC)cc2)cc1)[C@@H](C)OC(C)(C)C)C(=O)OC. The summed E-state index contributed by atoms with van der Waals surface area (Å²) in [6, 6.07) is 26.9. The Bertz CT molecular complexity index is 3790. The van der Waals surface area contributed by atoms with Crippen molar-refractivity contribution in [2.24, 2.45) is 23.7 Å². The van der Waals surface area contributed by atoms with Gasteiger partial charge in [-0.1, -0.05) is 190 Å². The van der Waals surface area contributed by atoms with E-state index in [0.29, 0.717) is 24.0 Å². The average molecular weight is 1630 g/mol. The summed E-state index contributed by atoms with van der Waals surface area (Å²) in [5.41, 5.74) is 4.46. The van der Waals surface area contributed by atoms with E-state index in [1.165, 1.54) is 25.2 Å². The number of aryl methyl sites for hydroxylation is 2. The molecule has 0 bridgehead atoms. The molecule has 0 unspecified atom stereocenters. The molecule has 24 nitrogen and oxygen atoms in total. The zero-order valence-corrected chi connectivity index (χ0v) is 74.0. The molecule has 117 heavy (non-hydrogen) atoms. The normalized spacial score (nSPS) is 14.3. The molecule has 0 aliphatic heterocycles. The van der Waals surface area contributed by atoms with Crippen molar-refractivity contribution in [1.82, 2.24) is 31.9 Å². The lowest BCUT2D eigenvalue weighted by Gasteiger charge is -2.32. The highest BCUT2D eigenvalue weighted by atomic mass is 16.6. The number of ether oxygens (including phenoxy) is 5. The van der Waals surface area contributed by atoms with E-state index < -0.39 is 142 Å². The van der Waals surface area contributed by atoms with Crippen LogP contribution in [0.5, 0.6) is 0 Å². The second-order valence-electron chi connectivity index (χ2n) is 34.8. The molecule has 0 saturated carbocycles. The minimum absolute atomic E-state index is 0.0142. The van der Waals surface area contributed by atoms with Gasteiger partial charge in [-0.25, -0.2) is 19.2 Å². The van der Waals surface area contributed by atoms with Gasteiger partial charge in [0.05, 0.1) is 30.5 Å². The molecule has 4 aromatic carbocycles. The van der Waals surface area contributed by atoms with Crippen molar-refractivity contribution in [2.45, 2.75) is 326 Å². The minimum atomic E-state index is -1.20. The van der Waals surface area contributed by atoms with Crippen LogP contribution in [0.4, 0.5) is 9.59 Å². The van der Waals surface area contributed by atoms with Crippen LogP contribution < -0.4 is 31.9 Å². The lowest BCUT2D eigenvalue weighted by Crippen LogP contribution is -2.53. The number of benzene rings is 4. The molecule has 0 heterocycles. The summed E-state index contributed by atoms with van der Waals surface area (Å²) in [6.45, 7) is 36.2. The van der Waals surface area contributed by atoms with Gasteiger partial charge in [0.25, 0.3) is 0 Å². The molecule has 0 aliphatic carbocycles. The van der Waals surface area contributed by atoms with E-state index >= 15 is 0 Å². The summed E-state index contributed by atoms with van der Waals surface area (Å²) >= 11 is 0. The van der Waals surface area contributed by atoms with Crippen LogP contribution in [-0.2, 0) is 74.9 Å². The zero-order chi connectivity index (χ0) is 88.0. The Morgan fingerprint density at radius 2 is 0.692 bits per heavy atom. The fourth-order valence-corrected chi connectivity index (χ4v) is 13.1. The average Bonchev–Trinajstić information content (AvgIpc) is 0.841. The van der Waals surface area contributed by atoms with E-state index in [1.54, 1.807) is 86.6 Å². The molecule has 4 aromatic rings. The predicted molar refractivity (Wildman–Crippen MR) is 457 cm³/mol. The van der Waals surface area contributed by atoms with Crippen LogP contribution in [0.15, 0.2) is 97.1 Å². The van der Waals surface area contributed by atoms with Crippen LogP contribution in [0.1, 0.15) is 286 Å². The number of esters is 1. The number of nitrogens with one attached hydrogen (secondary N) is 6. The van der Waals surface area contributed by atoms with E-state index in [9.17, 15) is 62.6 Å². The van der Waals surface area contributed by atoms with Crippen molar-refractivity contribution in [3.05, 3.63) is 119 Å². The number of amides is 6. The molecular formula is C93H140N6O18. The number of aliphatic carboxylic acids is 1. The van der Waals surface area contributed by atoms with E-state index in [0.717, 1.165) is 92.9 Å². The molecule has 0 fully saturated rings. The van der Waals surface area contributed by atoms with Crippen molar-refractivity contribution < 1.29 is 86.3 Å². The molecule has 0 aromatic heterocycles. The molecule has 7 N–H and O–H groups in total. The quantitative estimate of drug-likeness (QED) is 0.00935. The smallest absolute Gasteiger partial charge is 0.407 e. The maximum Gasteiger partial charge on any atom is 0.407 e. The lowest BCUT2D eigenvalue weighted by atomic mass is 9.91. The first-order valence-corrected chi connectivity index (χ1v) is 42.1. The van der Waals surface area contributed by atoms with Gasteiger partial charge in [0, 0.05) is 73.6 Å². The number of hydrogen-bond acceptors (Lipinski definition) is 17. The van der Waals surface area contributed by atoms with Crippen LogP contribution in [0.25, 0.3) is 22.3 Å². The summed E-state index contributed by atoms with van der Waals surface area (Å²) in [5.74, 6) is -9.14. The first kappa shape index (κ1) is 102. The Morgan fingerprint density at radius 1 is 0.376 bits per heavy atom. The van der Waals surface area contributed by atoms with Gasteiger partial charge in [-0.05, 0) is 182 Å². The minimum Gasteiger partial charge on any atom is -0.480 e. The second kappa shape index (κ2) is 50.6. The first-order chi connectivity index (χ1) is 54.8. The third-order valence-corrected chi connectivity index (χ3v) is 19.4. The van der Waals surface area contributed by atoms with E-state index in [2.05, 4.69) is 94.3 Å². The summed E-state index contributed by atoms with van der Waals surface area (Å²) in [6.07, 6.45) is 8.29. The summed E-state index contributed by atoms with van der Waals surface area (Å²) in [4.78, 5) is 159. The molecule has 0 aliphatic rings. The van der Waals surface area contributed by atoms with Gasteiger partial charge in [0.1, 0.15) is 35.4 Å². The van der Waals surface area contributed by atoms with Crippen LogP contribution >= 0.6 is 0 Å². The molecule has 4 rings (SSSR count). The second-order valence-corrected chi connectivity index (χ2v) is 34.8. The highest BCUT2D eigenvalue weighted by Crippen LogP contribution is 2.28. The van der Waals surface area contributed by atoms with Crippen LogP contribution in [-0.4, -0.2) is 155 Å². The number of alkyl carbamates (subject to hydrolysis) is 2. The van der Waals surface area contributed by atoms with Crippen molar-refractivity contribution in [1.29, 1.82) is 0 Å². The molecule has 24 heteroatoms. The number of Topliss-reactive ketones (excluding diaryl/α,β-unsaturated/α-hetero) is 4. The number of hydrogen-bond donors (Lipinski definition) is 7. The summed E-state index contributed by atoms with van der Waals surface area (Å²) in [7, 11) is 1.26. The maximum atomic E-state index is 14.2. The number of carbonyl (C=O) groups is 12. The van der Waals surface area contributed by atoms with E-state index in [1.807, 2.05) is 79.7 Å².